The van der Waals surface area contributed by atoms with Crippen LogP contribution >= 0.6 is 0 Å². The van der Waals surface area contributed by atoms with Crippen LogP contribution in [0.2, 0.25) is 0 Å². The van der Waals surface area contributed by atoms with Crippen molar-refractivity contribution >= 4 is 11.9 Å². The van der Waals surface area contributed by atoms with E-state index in [4.69, 9.17) is 30.6 Å². The Morgan fingerprint density at radius 2 is 1.12 bits per heavy atom. The van der Waals surface area contributed by atoms with E-state index in [1.807, 2.05) is 6.92 Å². The first-order valence-electron chi connectivity index (χ1n) is 7.31. The van der Waals surface area contributed by atoms with Crippen LogP contribution in [0.5, 0.6) is 0 Å². The van der Waals surface area contributed by atoms with Crippen molar-refractivity contribution in [1.29, 1.82) is 0 Å². The number of ether oxygens (including phenoxy) is 1. The van der Waals surface area contributed by atoms with Gasteiger partial charge in [-0.05, 0) is 6.42 Å². The molecule has 1 rings (SSSR count). The summed E-state index contributed by atoms with van der Waals surface area (Å²) in [5, 5.41) is 51.4. The van der Waals surface area contributed by atoms with Gasteiger partial charge < -0.3 is 35.4 Å². The standard InChI is InChI=1S/C6H14O3.C5H12O3.C4H2O3/c1-2-6(3-7,4-8)5-9;1-5(2-6,3-7)4-8;5-3-1-2-4(6)7-3/h7-9H,2-5H2,1H3;6-8H,2-4H2,1H3;1-2H. The lowest BCUT2D eigenvalue weighted by atomic mass is 9.88. The predicted molar refractivity (Wildman–Crippen MR) is 83.6 cm³/mol. The molecule has 9 nitrogen and oxygen atoms in total. The van der Waals surface area contributed by atoms with Crippen LogP contribution in [0.4, 0.5) is 0 Å². The maximum absolute atomic E-state index is 9.92. The summed E-state index contributed by atoms with van der Waals surface area (Å²) in [4.78, 5) is 19.8. The summed E-state index contributed by atoms with van der Waals surface area (Å²) in [5.74, 6) is -1.16. The van der Waals surface area contributed by atoms with E-state index in [9.17, 15) is 9.59 Å². The van der Waals surface area contributed by atoms with Gasteiger partial charge in [-0.3, -0.25) is 0 Å². The number of carbonyl (C=O) groups is 2. The molecule has 0 fully saturated rings. The fraction of sp³-hybridized carbons (Fsp3) is 0.733. The van der Waals surface area contributed by atoms with Gasteiger partial charge in [-0.1, -0.05) is 13.8 Å². The van der Waals surface area contributed by atoms with Gasteiger partial charge in [0, 0.05) is 23.0 Å². The second-order valence-electron chi connectivity index (χ2n) is 5.69. The lowest BCUT2D eigenvalue weighted by Gasteiger charge is -2.24. The summed E-state index contributed by atoms with van der Waals surface area (Å²) in [6.45, 7) is 2.42. The lowest BCUT2D eigenvalue weighted by molar-refractivity contribution is -0.150. The minimum absolute atomic E-state index is 0.156. The summed E-state index contributed by atoms with van der Waals surface area (Å²) in [6.07, 6.45) is 2.77. The van der Waals surface area contributed by atoms with E-state index in [-0.39, 0.29) is 39.6 Å². The number of carbonyl (C=O) groups excluding carboxylic acids is 2. The number of rotatable bonds is 7. The van der Waals surface area contributed by atoms with Crippen molar-refractivity contribution in [2.45, 2.75) is 20.3 Å². The number of esters is 2. The van der Waals surface area contributed by atoms with Gasteiger partial charge in [-0.2, -0.15) is 0 Å². The Morgan fingerprint density at radius 3 is 1.17 bits per heavy atom. The molecular formula is C15H28O9. The van der Waals surface area contributed by atoms with Gasteiger partial charge >= 0.3 is 11.9 Å². The third-order valence-corrected chi connectivity index (χ3v) is 3.46. The molecule has 9 heteroatoms. The molecule has 0 aliphatic carbocycles. The van der Waals surface area contributed by atoms with E-state index in [2.05, 4.69) is 4.74 Å². The van der Waals surface area contributed by atoms with Crippen molar-refractivity contribution in [3.05, 3.63) is 12.2 Å². The maximum Gasteiger partial charge on any atom is 0.338 e. The molecule has 0 bridgehead atoms. The van der Waals surface area contributed by atoms with Gasteiger partial charge in [0.1, 0.15) is 0 Å². The zero-order chi connectivity index (χ0) is 19.2. The Balaban J connectivity index is 0. The third kappa shape index (κ3) is 9.71. The van der Waals surface area contributed by atoms with Crippen LogP contribution in [0, 0.1) is 10.8 Å². The van der Waals surface area contributed by atoms with Crippen LogP contribution in [0.3, 0.4) is 0 Å². The Morgan fingerprint density at radius 1 is 0.792 bits per heavy atom. The van der Waals surface area contributed by atoms with E-state index in [0.29, 0.717) is 6.42 Å². The molecule has 0 unspecified atom stereocenters. The van der Waals surface area contributed by atoms with E-state index in [1.165, 1.54) is 0 Å². The van der Waals surface area contributed by atoms with E-state index >= 15 is 0 Å². The normalized spacial score (nSPS) is 13.7. The molecular weight excluding hydrogens is 324 g/mol. The molecule has 6 N–H and O–H groups in total. The zero-order valence-corrected chi connectivity index (χ0v) is 14.0. The van der Waals surface area contributed by atoms with E-state index in [1.54, 1.807) is 6.92 Å². The monoisotopic (exact) mass is 352 g/mol. The fourth-order valence-electron chi connectivity index (χ4n) is 0.939. The number of hydrogen-bond donors (Lipinski definition) is 6. The van der Waals surface area contributed by atoms with Crippen LogP contribution in [0.15, 0.2) is 12.2 Å². The summed E-state index contributed by atoms with van der Waals surface area (Å²) < 4.78 is 3.97. The van der Waals surface area contributed by atoms with Crippen LogP contribution < -0.4 is 0 Å². The zero-order valence-electron chi connectivity index (χ0n) is 14.0. The van der Waals surface area contributed by atoms with Crippen molar-refractivity contribution < 1.29 is 45.0 Å². The fourth-order valence-corrected chi connectivity index (χ4v) is 0.939. The molecule has 0 radical (unpaired) electrons. The molecule has 0 amide bonds. The summed E-state index contributed by atoms with van der Waals surface area (Å²) >= 11 is 0. The maximum atomic E-state index is 9.92. The van der Waals surface area contributed by atoms with Gasteiger partial charge in [0.05, 0.1) is 39.6 Å². The molecule has 1 aliphatic heterocycles. The van der Waals surface area contributed by atoms with Crippen molar-refractivity contribution in [1.82, 2.24) is 0 Å². The number of aliphatic hydroxyl groups excluding tert-OH is 6. The van der Waals surface area contributed by atoms with Crippen LogP contribution in [0.1, 0.15) is 20.3 Å². The molecule has 0 saturated carbocycles. The van der Waals surface area contributed by atoms with E-state index in [0.717, 1.165) is 12.2 Å². The molecule has 1 aliphatic rings. The second-order valence-corrected chi connectivity index (χ2v) is 5.69. The Labute approximate surface area is 140 Å². The largest absolute Gasteiger partial charge is 0.396 e. The van der Waals surface area contributed by atoms with Gasteiger partial charge in [-0.15, -0.1) is 0 Å². The summed E-state index contributed by atoms with van der Waals surface area (Å²) in [6, 6.07) is 0. The highest BCUT2D eigenvalue weighted by atomic mass is 16.6. The molecule has 24 heavy (non-hydrogen) atoms. The first-order chi connectivity index (χ1) is 11.2. The Bertz CT molecular complexity index is 343. The molecule has 0 atom stereocenters. The van der Waals surface area contributed by atoms with Crippen LogP contribution in [-0.2, 0) is 14.3 Å². The Hall–Kier alpha value is -1.36. The molecule has 0 saturated heterocycles. The molecule has 0 aromatic rings. The van der Waals surface area contributed by atoms with Crippen molar-refractivity contribution in [3.63, 3.8) is 0 Å². The van der Waals surface area contributed by atoms with Crippen molar-refractivity contribution in [3.8, 4) is 0 Å². The highest BCUT2D eigenvalue weighted by Gasteiger charge is 2.24. The minimum atomic E-state index is -0.708. The third-order valence-electron chi connectivity index (χ3n) is 3.46. The highest BCUT2D eigenvalue weighted by molar-refractivity contribution is 6.04. The topological polar surface area (TPSA) is 165 Å². The average molecular weight is 352 g/mol. The molecule has 142 valence electrons. The van der Waals surface area contributed by atoms with Gasteiger partial charge in [0.25, 0.3) is 0 Å². The van der Waals surface area contributed by atoms with Crippen molar-refractivity contribution in [2.24, 2.45) is 10.8 Å². The number of aliphatic hydroxyl groups is 6. The first-order valence-corrected chi connectivity index (χ1v) is 7.31. The van der Waals surface area contributed by atoms with Gasteiger partial charge in [0.2, 0.25) is 0 Å². The lowest BCUT2D eigenvalue weighted by Crippen LogP contribution is -2.32. The number of hydrogen-bond acceptors (Lipinski definition) is 9. The van der Waals surface area contributed by atoms with Crippen LogP contribution in [0.25, 0.3) is 0 Å². The summed E-state index contributed by atoms with van der Waals surface area (Å²) in [5.41, 5.74) is -1.38. The van der Waals surface area contributed by atoms with Crippen LogP contribution in [-0.4, -0.2) is 82.2 Å². The Kier molecular flexibility index (Phi) is 13.5. The average Bonchev–Trinajstić information content (AvgIpc) is 3.01. The SMILES string of the molecule is CC(CO)(CO)CO.CCC(CO)(CO)CO.O=C1C=CC(=O)O1. The van der Waals surface area contributed by atoms with Crippen molar-refractivity contribution in [2.75, 3.05) is 39.6 Å². The predicted octanol–water partition coefficient (Wildman–Crippen LogP) is -2.04. The first kappa shape index (κ1) is 24.9. The number of cyclic esters (lactones) is 2. The second kappa shape index (κ2) is 13.0. The molecule has 0 spiro atoms. The highest BCUT2D eigenvalue weighted by Crippen LogP contribution is 2.18. The molecule has 0 aromatic carbocycles. The smallest absolute Gasteiger partial charge is 0.338 e. The van der Waals surface area contributed by atoms with Gasteiger partial charge in [-0.25, -0.2) is 9.59 Å². The quantitative estimate of drug-likeness (QED) is 0.223. The van der Waals surface area contributed by atoms with E-state index < -0.39 is 22.8 Å². The molecule has 1 heterocycles. The minimum Gasteiger partial charge on any atom is -0.396 e. The van der Waals surface area contributed by atoms with Gasteiger partial charge in [0.15, 0.2) is 0 Å². The summed E-state index contributed by atoms with van der Waals surface area (Å²) in [7, 11) is 0. The molecule has 0 aromatic heterocycles.